The lowest BCUT2D eigenvalue weighted by Gasteiger charge is -2.19. The molecule has 3 rings (SSSR count). The van der Waals surface area contributed by atoms with E-state index in [0.717, 1.165) is 16.3 Å². The molecule has 108 valence electrons. The van der Waals surface area contributed by atoms with E-state index in [1.54, 1.807) is 37.4 Å². The molecule has 1 aromatic carbocycles. The Morgan fingerprint density at radius 1 is 1.19 bits per heavy atom. The van der Waals surface area contributed by atoms with E-state index < -0.39 is 11.6 Å². The van der Waals surface area contributed by atoms with Gasteiger partial charge in [0.25, 0.3) is 0 Å². The Balaban J connectivity index is 2.22. The number of carbonyl (C=O) groups excluding carboxylic acids is 1. The predicted octanol–water partition coefficient (Wildman–Crippen LogP) is 3.75. The Morgan fingerprint density at radius 2 is 1.90 bits per heavy atom. The van der Waals surface area contributed by atoms with Gasteiger partial charge in [-0.15, -0.1) is 0 Å². The number of aromatic hydroxyl groups is 1. The highest BCUT2D eigenvalue weighted by Gasteiger charge is 2.24. The fraction of sp³-hybridized carbons (Fsp3) is 0.235. The van der Waals surface area contributed by atoms with Crippen molar-refractivity contribution in [3.63, 3.8) is 0 Å². The maximum Gasteiger partial charge on any atom is 0.359 e. The number of aromatic nitrogens is 1. The second kappa shape index (κ2) is 4.52. The summed E-state index contributed by atoms with van der Waals surface area (Å²) in [5.41, 5.74) is 0.335. The molecule has 4 nitrogen and oxygen atoms in total. The van der Waals surface area contributed by atoms with E-state index in [1.165, 1.54) is 0 Å². The molecule has 21 heavy (non-hydrogen) atoms. The van der Waals surface area contributed by atoms with Crippen molar-refractivity contribution in [2.75, 3.05) is 0 Å². The summed E-state index contributed by atoms with van der Waals surface area (Å²) >= 11 is 0. The Kier molecular flexibility index (Phi) is 2.90. The SMILES string of the molecule is CC(C)(C)OC(=O)c1c(O)cc2c3ccccc3ccn12. The van der Waals surface area contributed by atoms with E-state index in [0.29, 0.717) is 0 Å². The number of hydrogen-bond acceptors (Lipinski definition) is 3. The fourth-order valence-corrected chi connectivity index (χ4v) is 2.43. The summed E-state index contributed by atoms with van der Waals surface area (Å²) in [4.78, 5) is 12.3. The van der Waals surface area contributed by atoms with Crippen molar-refractivity contribution >= 4 is 22.3 Å². The highest BCUT2D eigenvalue weighted by Crippen LogP contribution is 2.30. The summed E-state index contributed by atoms with van der Waals surface area (Å²) in [6.45, 7) is 5.40. The molecule has 0 saturated heterocycles. The molecule has 0 atom stereocenters. The van der Waals surface area contributed by atoms with E-state index >= 15 is 0 Å². The van der Waals surface area contributed by atoms with Crippen LogP contribution in [0, 0.1) is 0 Å². The molecule has 0 amide bonds. The van der Waals surface area contributed by atoms with Crippen LogP contribution in [0.4, 0.5) is 0 Å². The number of benzene rings is 1. The molecule has 4 heteroatoms. The number of fused-ring (bicyclic) bond motifs is 3. The largest absolute Gasteiger partial charge is 0.505 e. The first-order valence-electron chi connectivity index (χ1n) is 6.82. The summed E-state index contributed by atoms with van der Waals surface area (Å²) in [5.74, 6) is -0.601. The lowest BCUT2D eigenvalue weighted by molar-refractivity contribution is 0.00591. The molecule has 0 fully saturated rings. The van der Waals surface area contributed by atoms with Gasteiger partial charge in [-0.2, -0.15) is 0 Å². The second-order valence-electron chi connectivity index (χ2n) is 6.04. The predicted molar refractivity (Wildman–Crippen MR) is 81.7 cm³/mol. The summed E-state index contributed by atoms with van der Waals surface area (Å²) in [5, 5.41) is 12.2. The van der Waals surface area contributed by atoms with Crippen molar-refractivity contribution in [2.24, 2.45) is 0 Å². The van der Waals surface area contributed by atoms with Gasteiger partial charge in [-0.1, -0.05) is 24.3 Å². The van der Waals surface area contributed by atoms with Gasteiger partial charge in [-0.05, 0) is 32.2 Å². The number of pyridine rings is 1. The third kappa shape index (κ3) is 2.33. The van der Waals surface area contributed by atoms with Crippen LogP contribution in [0.3, 0.4) is 0 Å². The van der Waals surface area contributed by atoms with Crippen molar-refractivity contribution in [2.45, 2.75) is 26.4 Å². The van der Waals surface area contributed by atoms with E-state index in [-0.39, 0.29) is 11.4 Å². The number of ether oxygens (including phenoxy) is 1. The molecule has 2 heterocycles. The van der Waals surface area contributed by atoms with Crippen LogP contribution < -0.4 is 0 Å². The van der Waals surface area contributed by atoms with Gasteiger partial charge >= 0.3 is 5.97 Å². The van der Waals surface area contributed by atoms with E-state index in [2.05, 4.69) is 0 Å². The Morgan fingerprint density at radius 3 is 2.62 bits per heavy atom. The van der Waals surface area contributed by atoms with Crippen molar-refractivity contribution < 1.29 is 14.6 Å². The fourth-order valence-electron chi connectivity index (χ4n) is 2.43. The molecule has 0 unspecified atom stereocenters. The highest BCUT2D eigenvalue weighted by atomic mass is 16.6. The standard InChI is InChI=1S/C17H17NO3/c1-17(2,3)21-16(20)15-14(19)10-13-12-7-5-4-6-11(12)8-9-18(13)15/h4-10,19H,1-3H3. The third-order valence-corrected chi connectivity index (χ3v) is 3.25. The minimum absolute atomic E-state index is 0.0689. The Labute approximate surface area is 122 Å². The molecule has 1 N–H and O–H groups in total. The van der Waals surface area contributed by atoms with Gasteiger partial charge in [0.1, 0.15) is 11.4 Å². The van der Waals surface area contributed by atoms with Crippen molar-refractivity contribution in [1.29, 1.82) is 0 Å². The van der Waals surface area contributed by atoms with Crippen LogP contribution in [-0.4, -0.2) is 21.1 Å². The van der Waals surface area contributed by atoms with E-state index in [4.69, 9.17) is 4.74 Å². The number of hydrogen-bond donors (Lipinski definition) is 1. The van der Waals surface area contributed by atoms with Gasteiger partial charge in [0.2, 0.25) is 0 Å². The maximum absolute atomic E-state index is 12.3. The summed E-state index contributed by atoms with van der Waals surface area (Å²) in [7, 11) is 0. The van der Waals surface area contributed by atoms with Crippen LogP contribution in [0.25, 0.3) is 16.3 Å². The zero-order chi connectivity index (χ0) is 15.2. The van der Waals surface area contributed by atoms with Gasteiger partial charge < -0.3 is 14.2 Å². The lowest BCUT2D eigenvalue weighted by Crippen LogP contribution is -2.24. The average Bonchev–Trinajstić information content (AvgIpc) is 2.73. The second-order valence-corrected chi connectivity index (χ2v) is 6.04. The smallest absolute Gasteiger partial charge is 0.359 e. The molecule has 0 bridgehead atoms. The molecule has 3 aromatic rings. The van der Waals surface area contributed by atoms with Gasteiger partial charge in [0.15, 0.2) is 5.69 Å². The van der Waals surface area contributed by atoms with E-state index in [9.17, 15) is 9.90 Å². The molecule has 0 aliphatic heterocycles. The normalized spacial score (nSPS) is 12.0. The van der Waals surface area contributed by atoms with Gasteiger partial charge in [0, 0.05) is 17.6 Å². The summed E-state index contributed by atoms with van der Waals surface area (Å²) in [6.07, 6.45) is 1.77. The van der Waals surface area contributed by atoms with Crippen LogP contribution in [0.2, 0.25) is 0 Å². The van der Waals surface area contributed by atoms with Crippen molar-refractivity contribution in [3.8, 4) is 5.75 Å². The van der Waals surface area contributed by atoms with Gasteiger partial charge in [0.05, 0.1) is 5.52 Å². The first-order chi connectivity index (χ1) is 9.87. The zero-order valence-corrected chi connectivity index (χ0v) is 12.3. The number of carbonyl (C=O) groups is 1. The average molecular weight is 283 g/mol. The topological polar surface area (TPSA) is 50.9 Å². The third-order valence-electron chi connectivity index (χ3n) is 3.25. The first kappa shape index (κ1) is 13.5. The van der Waals surface area contributed by atoms with Crippen LogP contribution in [0.1, 0.15) is 31.3 Å². The summed E-state index contributed by atoms with van der Waals surface area (Å²) in [6, 6.07) is 11.3. The highest BCUT2D eigenvalue weighted by molar-refractivity contribution is 6.01. The van der Waals surface area contributed by atoms with Crippen molar-refractivity contribution in [1.82, 2.24) is 4.40 Å². The molecular formula is C17H17NO3. The van der Waals surface area contributed by atoms with Crippen LogP contribution >= 0.6 is 0 Å². The summed E-state index contributed by atoms with van der Waals surface area (Å²) < 4.78 is 7.04. The molecule has 2 aromatic heterocycles. The zero-order valence-electron chi connectivity index (χ0n) is 12.3. The van der Waals surface area contributed by atoms with Crippen LogP contribution in [0.15, 0.2) is 42.6 Å². The van der Waals surface area contributed by atoms with Crippen LogP contribution in [0.5, 0.6) is 5.75 Å². The number of esters is 1. The van der Waals surface area contributed by atoms with Crippen LogP contribution in [-0.2, 0) is 4.74 Å². The molecule has 0 aliphatic carbocycles. The molecule has 0 saturated carbocycles. The Bertz CT molecular complexity index is 840. The van der Waals surface area contributed by atoms with Crippen molar-refractivity contribution in [3.05, 3.63) is 48.3 Å². The van der Waals surface area contributed by atoms with Gasteiger partial charge in [-0.3, -0.25) is 0 Å². The maximum atomic E-state index is 12.3. The number of nitrogens with zero attached hydrogens (tertiary/aromatic N) is 1. The minimum Gasteiger partial charge on any atom is -0.505 e. The molecule has 0 spiro atoms. The first-order valence-corrected chi connectivity index (χ1v) is 6.82. The number of rotatable bonds is 1. The lowest BCUT2D eigenvalue weighted by atomic mass is 10.1. The van der Waals surface area contributed by atoms with Gasteiger partial charge in [-0.25, -0.2) is 4.79 Å². The van der Waals surface area contributed by atoms with E-state index in [1.807, 2.05) is 30.3 Å². The Hall–Kier alpha value is -2.49. The minimum atomic E-state index is -0.607. The molecule has 0 radical (unpaired) electrons. The molecular weight excluding hydrogens is 266 g/mol. The monoisotopic (exact) mass is 283 g/mol. The quantitative estimate of drug-likeness (QED) is 0.692. The molecule has 0 aliphatic rings.